The number of nitrogens with zero attached hydrogens (tertiary/aromatic N) is 1. The van der Waals surface area contributed by atoms with E-state index in [4.69, 9.17) is 0 Å². The predicted octanol–water partition coefficient (Wildman–Crippen LogP) is 1.26. The van der Waals surface area contributed by atoms with Crippen molar-refractivity contribution in [2.75, 3.05) is 38.0 Å². The van der Waals surface area contributed by atoms with E-state index in [0.717, 1.165) is 32.4 Å². The number of quaternary nitrogens is 1. The number of sulfonamides is 1. The Bertz CT molecular complexity index is 706. The number of piperidine rings is 1. The Kier molecular flexibility index (Phi) is 6.67. The number of carbonyl (C=O) groups excluding carboxylic acids is 1. The van der Waals surface area contributed by atoms with Crippen molar-refractivity contribution < 1.29 is 18.1 Å². The van der Waals surface area contributed by atoms with Crippen LogP contribution in [0.3, 0.4) is 0 Å². The van der Waals surface area contributed by atoms with Crippen molar-refractivity contribution in [3.8, 4) is 0 Å². The molecule has 1 aromatic carbocycles. The summed E-state index contributed by atoms with van der Waals surface area (Å²) in [6.45, 7) is 3.69. The van der Waals surface area contributed by atoms with E-state index < -0.39 is 10.0 Å². The monoisotopic (exact) mass is 380 g/mol. The summed E-state index contributed by atoms with van der Waals surface area (Å²) in [7, 11) is -3.48. The molecule has 0 bridgehead atoms. The lowest BCUT2D eigenvalue weighted by molar-refractivity contribution is -0.890. The highest BCUT2D eigenvalue weighted by Crippen LogP contribution is 2.22. The van der Waals surface area contributed by atoms with Gasteiger partial charge in [0.05, 0.1) is 18.0 Å². The van der Waals surface area contributed by atoms with Crippen molar-refractivity contribution in [3.63, 3.8) is 0 Å². The average molecular weight is 381 g/mol. The van der Waals surface area contributed by atoms with Crippen LogP contribution in [-0.4, -0.2) is 51.4 Å². The van der Waals surface area contributed by atoms with Crippen molar-refractivity contribution >= 4 is 21.6 Å². The Morgan fingerprint density at radius 1 is 1.00 bits per heavy atom. The van der Waals surface area contributed by atoms with Crippen molar-refractivity contribution in [2.45, 2.75) is 49.8 Å². The molecule has 7 heteroatoms. The van der Waals surface area contributed by atoms with Crippen LogP contribution in [0.5, 0.6) is 0 Å². The lowest BCUT2D eigenvalue weighted by atomic mass is 10.2. The number of likely N-dealkylation sites (tertiary alicyclic amines) is 1. The number of anilines is 1. The van der Waals surface area contributed by atoms with Crippen molar-refractivity contribution in [3.05, 3.63) is 24.3 Å². The average Bonchev–Trinajstić information content (AvgIpc) is 2.91. The van der Waals surface area contributed by atoms with E-state index in [1.54, 1.807) is 28.6 Å². The standard InChI is InChI=1S/C19H29N3O3S/c23-19(16-21-11-4-1-2-5-12-21)20-17-9-8-10-18(15-17)26(24,25)22-13-6-3-7-14-22/h8-10,15H,1-7,11-14,16H2,(H,20,23)/p+1. The SMILES string of the molecule is O=C(C[NH+]1CCCCCC1)Nc1cccc(S(=O)(=O)N2CCCCC2)c1. The second kappa shape index (κ2) is 8.97. The molecule has 0 spiro atoms. The summed E-state index contributed by atoms with van der Waals surface area (Å²) in [6, 6.07) is 6.65. The highest BCUT2D eigenvalue weighted by Gasteiger charge is 2.26. The van der Waals surface area contributed by atoms with Gasteiger partial charge in [0.15, 0.2) is 6.54 Å². The number of hydrogen-bond acceptors (Lipinski definition) is 3. The molecule has 2 fully saturated rings. The van der Waals surface area contributed by atoms with Crippen molar-refractivity contribution in [2.24, 2.45) is 0 Å². The number of hydrogen-bond donors (Lipinski definition) is 2. The maximum absolute atomic E-state index is 12.8. The molecule has 2 heterocycles. The Labute approximate surface area is 156 Å². The van der Waals surface area contributed by atoms with Crippen molar-refractivity contribution in [1.29, 1.82) is 0 Å². The molecule has 2 aliphatic rings. The zero-order chi connectivity index (χ0) is 18.4. The molecule has 144 valence electrons. The minimum atomic E-state index is -3.48. The third-order valence-electron chi connectivity index (χ3n) is 5.29. The van der Waals surface area contributed by atoms with Gasteiger partial charge in [-0.3, -0.25) is 4.79 Å². The van der Waals surface area contributed by atoms with Crippen LogP contribution in [0, 0.1) is 0 Å². The van der Waals surface area contributed by atoms with Crippen LogP contribution in [-0.2, 0) is 14.8 Å². The molecule has 0 aliphatic carbocycles. The summed E-state index contributed by atoms with van der Waals surface area (Å²) < 4.78 is 27.1. The van der Waals surface area contributed by atoms with E-state index in [2.05, 4.69) is 5.32 Å². The fourth-order valence-electron chi connectivity index (χ4n) is 3.83. The molecule has 1 aromatic rings. The fraction of sp³-hybridized carbons (Fsp3) is 0.632. The Morgan fingerprint density at radius 3 is 2.35 bits per heavy atom. The van der Waals surface area contributed by atoms with Crippen LogP contribution < -0.4 is 10.2 Å². The third-order valence-corrected chi connectivity index (χ3v) is 7.19. The van der Waals surface area contributed by atoms with Crippen LogP contribution in [0.1, 0.15) is 44.9 Å². The number of benzene rings is 1. The predicted molar refractivity (Wildman–Crippen MR) is 102 cm³/mol. The number of nitrogens with one attached hydrogen (secondary N) is 2. The van der Waals surface area contributed by atoms with Gasteiger partial charge in [0.25, 0.3) is 5.91 Å². The Morgan fingerprint density at radius 2 is 1.65 bits per heavy atom. The van der Waals surface area contributed by atoms with Gasteiger partial charge in [0.2, 0.25) is 10.0 Å². The first kappa shape index (κ1) is 19.3. The smallest absolute Gasteiger partial charge is 0.279 e. The number of amides is 1. The van der Waals surface area contributed by atoms with Gasteiger partial charge in [-0.25, -0.2) is 8.42 Å². The molecule has 0 atom stereocenters. The first-order chi connectivity index (χ1) is 12.6. The molecule has 2 N–H and O–H groups in total. The van der Waals surface area contributed by atoms with Gasteiger partial charge < -0.3 is 10.2 Å². The zero-order valence-corrected chi connectivity index (χ0v) is 16.2. The van der Waals surface area contributed by atoms with E-state index in [-0.39, 0.29) is 10.8 Å². The molecule has 26 heavy (non-hydrogen) atoms. The summed E-state index contributed by atoms with van der Waals surface area (Å²) in [6.07, 6.45) is 7.75. The van der Waals surface area contributed by atoms with E-state index in [1.807, 2.05) is 0 Å². The molecule has 1 amide bonds. The summed E-state index contributed by atoms with van der Waals surface area (Å²) in [4.78, 5) is 13.9. The molecule has 6 nitrogen and oxygen atoms in total. The third kappa shape index (κ3) is 5.05. The van der Waals surface area contributed by atoms with E-state index >= 15 is 0 Å². The van der Waals surface area contributed by atoms with Crippen LogP contribution in [0.2, 0.25) is 0 Å². The van der Waals surface area contributed by atoms with Gasteiger partial charge in [0.1, 0.15) is 0 Å². The van der Waals surface area contributed by atoms with Crippen molar-refractivity contribution in [1.82, 2.24) is 4.31 Å². The van der Waals surface area contributed by atoms with Crippen LogP contribution in [0.15, 0.2) is 29.2 Å². The molecular weight excluding hydrogens is 350 g/mol. The molecular formula is C19H30N3O3S+. The van der Waals surface area contributed by atoms with Crippen LogP contribution in [0.25, 0.3) is 0 Å². The highest BCUT2D eigenvalue weighted by atomic mass is 32.2. The normalized spacial score (nSPS) is 20.5. The van der Waals surface area contributed by atoms with Crippen LogP contribution in [0.4, 0.5) is 5.69 Å². The molecule has 0 saturated carbocycles. The van der Waals surface area contributed by atoms with E-state index in [1.165, 1.54) is 30.6 Å². The Balaban J connectivity index is 1.64. The molecule has 3 rings (SSSR count). The quantitative estimate of drug-likeness (QED) is 0.808. The molecule has 2 aliphatic heterocycles. The summed E-state index contributed by atoms with van der Waals surface area (Å²) in [5.41, 5.74) is 0.558. The minimum Gasteiger partial charge on any atom is -0.327 e. The molecule has 0 aromatic heterocycles. The zero-order valence-electron chi connectivity index (χ0n) is 15.4. The van der Waals surface area contributed by atoms with Gasteiger partial charge >= 0.3 is 0 Å². The summed E-state index contributed by atoms with van der Waals surface area (Å²) in [5, 5.41) is 2.88. The van der Waals surface area contributed by atoms with Gasteiger partial charge in [0, 0.05) is 18.8 Å². The highest BCUT2D eigenvalue weighted by molar-refractivity contribution is 7.89. The van der Waals surface area contributed by atoms with Crippen LogP contribution >= 0.6 is 0 Å². The largest absolute Gasteiger partial charge is 0.327 e. The Hall–Kier alpha value is -1.44. The molecule has 2 saturated heterocycles. The first-order valence-electron chi connectivity index (χ1n) is 9.79. The lowest BCUT2D eigenvalue weighted by Gasteiger charge is -2.26. The van der Waals surface area contributed by atoms with Gasteiger partial charge in [-0.15, -0.1) is 0 Å². The van der Waals surface area contributed by atoms with E-state index in [9.17, 15) is 13.2 Å². The minimum absolute atomic E-state index is 0.0468. The van der Waals surface area contributed by atoms with Gasteiger partial charge in [-0.2, -0.15) is 4.31 Å². The van der Waals surface area contributed by atoms with Gasteiger partial charge in [-0.1, -0.05) is 12.5 Å². The number of rotatable bonds is 5. The summed E-state index contributed by atoms with van der Waals surface area (Å²) in [5.74, 6) is -0.0468. The lowest BCUT2D eigenvalue weighted by Crippen LogP contribution is -3.12. The maximum atomic E-state index is 12.8. The first-order valence-corrected chi connectivity index (χ1v) is 11.2. The maximum Gasteiger partial charge on any atom is 0.279 e. The summed E-state index contributed by atoms with van der Waals surface area (Å²) >= 11 is 0. The second-order valence-electron chi connectivity index (χ2n) is 7.38. The topological polar surface area (TPSA) is 70.9 Å². The van der Waals surface area contributed by atoms with E-state index in [0.29, 0.717) is 25.3 Å². The second-order valence-corrected chi connectivity index (χ2v) is 9.32. The number of carbonyl (C=O) groups is 1. The molecule has 0 radical (unpaired) electrons. The molecule has 0 unspecified atom stereocenters. The fourth-order valence-corrected chi connectivity index (χ4v) is 5.39. The van der Waals surface area contributed by atoms with Gasteiger partial charge in [-0.05, 0) is 56.7 Å².